The van der Waals surface area contributed by atoms with Crippen molar-refractivity contribution in [3.05, 3.63) is 59.5 Å². The third kappa shape index (κ3) is 2.11. The summed E-state index contributed by atoms with van der Waals surface area (Å²) in [7, 11) is 0. The molecular formula is C15H15N3O. The van der Waals surface area contributed by atoms with E-state index in [2.05, 4.69) is 29.0 Å². The van der Waals surface area contributed by atoms with Crippen LogP contribution in [-0.2, 0) is 13.2 Å². The molecule has 19 heavy (non-hydrogen) atoms. The summed E-state index contributed by atoms with van der Waals surface area (Å²) >= 11 is 0. The number of nitrogens with zero attached hydrogens (tertiary/aromatic N) is 3. The largest absolute Gasteiger partial charge is 0.388 e. The molecule has 0 aliphatic heterocycles. The zero-order valence-electron chi connectivity index (χ0n) is 10.7. The summed E-state index contributed by atoms with van der Waals surface area (Å²) in [6.07, 6.45) is 1.75. The van der Waals surface area contributed by atoms with E-state index in [0.717, 1.165) is 11.2 Å². The van der Waals surface area contributed by atoms with Gasteiger partial charge in [0.25, 0.3) is 0 Å². The minimum Gasteiger partial charge on any atom is -0.388 e. The number of aliphatic hydroxyl groups excluding tert-OH is 1. The smallest absolute Gasteiger partial charge is 0.160 e. The number of hydrogen-bond donors (Lipinski definition) is 1. The standard InChI is InChI=1S/C15H15N3O/c1-11-5-2-3-6-12(11)9-18-14(10-19)17-13-7-4-8-16-15(13)18/h2-8,19H,9-10H2,1H3. The summed E-state index contributed by atoms with van der Waals surface area (Å²) in [5, 5.41) is 9.46. The first-order valence-electron chi connectivity index (χ1n) is 6.25. The van der Waals surface area contributed by atoms with Crippen LogP contribution in [0.25, 0.3) is 11.2 Å². The van der Waals surface area contributed by atoms with E-state index < -0.39 is 0 Å². The van der Waals surface area contributed by atoms with Crippen molar-refractivity contribution in [3.63, 3.8) is 0 Å². The molecule has 4 nitrogen and oxygen atoms in total. The van der Waals surface area contributed by atoms with Crippen LogP contribution in [-0.4, -0.2) is 19.6 Å². The van der Waals surface area contributed by atoms with Crippen LogP contribution < -0.4 is 0 Å². The highest BCUT2D eigenvalue weighted by atomic mass is 16.3. The number of aliphatic hydroxyl groups is 1. The van der Waals surface area contributed by atoms with E-state index >= 15 is 0 Å². The Morgan fingerprint density at radius 2 is 2.00 bits per heavy atom. The maximum absolute atomic E-state index is 9.46. The van der Waals surface area contributed by atoms with Crippen molar-refractivity contribution in [1.29, 1.82) is 0 Å². The van der Waals surface area contributed by atoms with E-state index in [-0.39, 0.29) is 6.61 Å². The van der Waals surface area contributed by atoms with Gasteiger partial charge in [0.05, 0.1) is 6.54 Å². The fourth-order valence-electron chi connectivity index (χ4n) is 2.25. The molecule has 0 atom stereocenters. The van der Waals surface area contributed by atoms with Crippen molar-refractivity contribution < 1.29 is 5.11 Å². The predicted molar refractivity (Wildman–Crippen MR) is 73.7 cm³/mol. The Hall–Kier alpha value is -2.20. The molecule has 1 aromatic carbocycles. The second kappa shape index (κ2) is 4.82. The van der Waals surface area contributed by atoms with Crippen LogP contribution >= 0.6 is 0 Å². The highest BCUT2D eigenvalue weighted by Gasteiger charge is 2.11. The molecule has 0 saturated heterocycles. The van der Waals surface area contributed by atoms with Gasteiger partial charge in [0.15, 0.2) is 5.65 Å². The van der Waals surface area contributed by atoms with Crippen molar-refractivity contribution in [2.45, 2.75) is 20.1 Å². The van der Waals surface area contributed by atoms with Crippen molar-refractivity contribution in [2.75, 3.05) is 0 Å². The van der Waals surface area contributed by atoms with Crippen molar-refractivity contribution in [2.24, 2.45) is 0 Å². The zero-order chi connectivity index (χ0) is 13.2. The SMILES string of the molecule is Cc1ccccc1Cn1c(CO)nc2cccnc21. The van der Waals surface area contributed by atoms with E-state index in [1.54, 1.807) is 6.20 Å². The van der Waals surface area contributed by atoms with Gasteiger partial charge < -0.3 is 9.67 Å². The Balaban J connectivity index is 2.12. The average Bonchev–Trinajstić information content (AvgIpc) is 2.79. The van der Waals surface area contributed by atoms with Gasteiger partial charge in [0.2, 0.25) is 0 Å². The second-order valence-electron chi connectivity index (χ2n) is 4.54. The highest BCUT2D eigenvalue weighted by molar-refractivity contribution is 5.71. The van der Waals surface area contributed by atoms with Gasteiger partial charge in [-0.15, -0.1) is 0 Å². The van der Waals surface area contributed by atoms with Gasteiger partial charge in [0.1, 0.15) is 17.9 Å². The second-order valence-corrected chi connectivity index (χ2v) is 4.54. The number of rotatable bonds is 3. The molecule has 2 heterocycles. The van der Waals surface area contributed by atoms with Gasteiger partial charge in [-0.2, -0.15) is 0 Å². The van der Waals surface area contributed by atoms with Crippen molar-refractivity contribution in [3.8, 4) is 0 Å². The Kier molecular flexibility index (Phi) is 3.01. The lowest BCUT2D eigenvalue weighted by molar-refractivity contribution is 0.267. The molecule has 2 aromatic heterocycles. The average molecular weight is 253 g/mol. The molecule has 3 rings (SSSR count). The summed E-state index contributed by atoms with van der Waals surface area (Å²) in [5.74, 6) is 0.650. The molecule has 0 amide bonds. The number of hydrogen-bond acceptors (Lipinski definition) is 3. The predicted octanol–water partition coefficient (Wildman–Crippen LogP) is 2.28. The van der Waals surface area contributed by atoms with E-state index in [9.17, 15) is 5.11 Å². The van der Waals surface area contributed by atoms with Crippen molar-refractivity contribution in [1.82, 2.24) is 14.5 Å². The minimum absolute atomic E-state index is 0.0811. The first kappa shape index (κ1) is 11.9. The number of aromatic nitrogens is 3. The molecule has 0 radical (unpaired) electrons. The van der Waals surface area contributed by atoms with Crippen LogP contribution in [0.5, 0.6) is 0 Å². The Labute approximate surface area is 111 Å². The monoisotopic (exact) mass is 253 g/mol. The quantitative estimate of drug-likeness (QED) is 0.779. The summed E-state index contributed by atoms with van der Waals surface area (Å²) in [6.45, 7) is 2.68. The molecule has 0 bridgehead atoms. The van der Waals surface area contributed by atoms with Crippen molar-refractivity contribution >= 4 is 11.2 Å². The van der Waals surface area contributed by atoms with Crippen LogP contribution in [0.4, 0.5) is 0 Å². The van der Waals surface area contributed by atoms with Crippen LogP contribution in [0.15, 0.2) is 42.6 Å². The van der Waals surface area contributed by atoms with Crippen LogP contribution in [0.3, 0.4) is 0 Å². The molecule has 0 aliphatic carbocycles. The fraction of sp³-hybridized carbons (Fsp3) is 0.200. The summed E-state index contributed by atoms with van der Waals surface area (Å²) < 4.78 is 1.97. The van der Waals surface area contributed by atoms with E-state index in [4.69, 9.17) is 0 Å². The number of fused-ring (bicyclic) bond motifs is 1. The lowest BCUT2D eigenvalue weighted by Crippen LogP contribution is -2.06. The molecule has 0 spiro atoms. The zero-order valence-corrected chi connectivity index (χ0v) is 10.7. The van der Waals surface area contributed by atoms with Crippen LogP contribution in [0.2, 0.25) is 0 Å². The number of benzene rings is 1. The van der Waals surface area contributed by atoms with Gasteiger partial charge in [-0.1, -0.05) is 24.3 Å². The van der Waals surface area contributed by atoms with E-state index in [1.165, 1.54) is 11.1 Å². The van der Waals surface area contributed by atoms with Crippen LogP contribution in [0.1, 0.15) is 17.0 Å². The maximum atomic E-state index is 9.46. The summed E-state index contributed by atoms with van der Waals surface area (Å²) in [6, 6.07) is 12.0. The molecule has 96 valence electrons. The minimum atomic E-state index is -0.0811. The first-order valence-corrected chi connectivity index (χ1v) is 6.25. The number of imidazole rings is 1. The van der Waals surface area contributed by atoms with Gasteiger partial charge in [0, 0.05) is 6.20 Å². The fourth-order valence-corrected chi connectivity index (χ4v) is 2.25. The number of pyridine rings is 1. The molecule has 0 aliphatic rings. The Bertz CT molecular complexity index is 718. The Morgan fingerprint density at radius 1 is 1.16 bits per heavy atom. The van der Waals surface area contributed by atoms with Gasteiger partial charge in [-0.05, 0) is 30.2 Å². The molecule has 0 fully saturated rings. The molecule has 4 heteroatoms. The van der Waals surface area contributed by atoms with E-state index in [1.807, 2.05) is 28.8 Å². The molecule has 3 aromatic rings. The van der Waals surface area contributed by atoms with Gasteiger partial charge >= 0.3 is 0 Å². The molecule has 0 unspecified atom stereocenters. The number of aryl methyl sites for hydroxylation is 1. The third-order valence-corrected chi connectivity index (χ3v) is 3.31. The topological polar surface area (TPSA) is 50.9 Å². The lowest BCUT2D eigenvalue weighted by Gasteiger charge is -2.09. The molecular weight excluding hydrogens is 238 g/mol. The van der Waals surface area contributed by atoms with Gasteiger partial charge in [-0.25, -0.2) is 9.97 Å². The lowest BCUT2D eigenvalue weighted by atomic mass is 10.1. The van der Waals surface area contributed by atoms with Crippen LogP contribution in [0, 0.1) is 6.92 Å². The maximum Gasteiger partial charge on any atom is 0.160 e. The van der Waals surface area contributed by atoms with Gasteiger partial charge in [-0.3, -0.25) is 0 Å². The first-order chi connectivity index (χ1) is 9.29. The molecule has 0 saturated carbocycles. The highest BCUT2D eigenvalue weighted by Crippen LogP contribution is 2.17. The molecule has 1 N–H and O–H groups in total. The third-order valence-electron chi connectivity index (χ3n) is 3.31. The Morgan fingerprint density at radius 3 is 2.79 bits per heavy atom. The summed E-state index contributed by atoms with van der Waals surface area (Å²) in [5.41, 5.74) is 4.07. The van der Waals surface area contributed by atoms with E-state index in [0.29, 0.717) is 12.4 Å². The normalized spacial score (nSPS) is 11.1. The summed E-state index contributed by atoms with van der Waals surface area (Å²) in [4.78, 5) is 8.77.